The smallest absolute Gasteiger partial charge is 0.284 e. The number of hydrogen-bond donors (Lipinski definition) is 5. The summed E-state index contributed by atoms with van der Waals surface area (Å²) in [6.07, 6.45) is 0. The van der Waals surface area contributed by atoms with E-state index in [0.717, 1.165) is 5.56 Å². The predicted octanol–water partition coefficient (Wildman–Crippen LogP) is -0.127. The van der Waals surface area contributed by atoms with Crippen LogP contribution in [0.4, 0.5) is 0 Å². The maximum absolute atomic E-state index is 11.3. The molecule has 0 atom stereocenters. The van der Waals surface area contributed by atoms with Gasteiger partial charge in [-0.3, -0.25) is 10.2 Å². The lowest BCUT2D eigenvalue weighted by Crippen LogP contribution is -2.36. The molecule has 0 aliphatic rings. The predicted molar refractivity (Wildman–Crippen MR) is 70.9 cm³/mol. The van der Waals surface area contributed by atoms with E-state index in [9.17, 15) is 4.79 Å². The SMILES string of the molecule is NN=N/C(NCc1ccccc1Cl)=C(/N)C(=O)NN. The topological polar surface area (TPSA) is 144 Å². The summed E-state index contributed by atoms with van der Waals surface area (Å²) < 4.78 is 0. The lowest BCUT2D eigenvalue weighted by molar-refractivity contribution is -0.117. The summed E-state index contributed by atoms with van der Waals surface area (Å²) in [6.45, 7) is 0.298. The van der Waals surface area contributed by atoms with Crippen LogP contribution in [-0.4, -0.2) is 5.91 Å². The number of hydrogen-bond acceptors (Lipinski definition) is 6. The van der Waals surface area contributed by atoms with Crippen molar-refractivity contribution in [2.75, 3.05) is 0 Å². The largest absolute Gasteiger partial charge is 0.391 e. The number of rotatable bonds is 5. The molecule has 1 rings (SSSR count). The molecule has 0 bridgehead atoms. The average molecular weight is 284 g/mol. The molecule has 1 aromatic rings. The number of carbonyl (C=O) groups is 1. The minimum Gasteiger partial charge on any atom is -0.391 e. The van der Waals surface area contributed by atoms with Gasteiger partial charge < -0.3 is 16.9 Å². The molecule has 0 aliphatic carbocycles. The fourth-order valence-electron chi connectivity index (χ4n) is 1.25. The van der Waals surface area contributed by atoms with E-state index >= 15 is 0 Å². The second-order valence-corrected chi connectivity index (χ2v) is 3.80. The number of nitrogens with two attached hydrogens (primary N) is 3. The van der Waals surface area contributed by atoms with E-state index < -0.39 is 5.91 Å². The summed E-state index contributed by atoms with van der Waals surface area (Å²) in [6, 6.07) is 7.18. The van der Waals surface area contributed by atoms with Gasteiger partial charge >= 0.3 is 0 Å². The molecule has 0 aliphatic heterocycles. The van der Waals surface area contributed by atoms with Crippen molar-refractivity contribution >= 4 is 17.5 Å². The van der Waals surface area contributed by atoms with Crippen molar-refractivity contribution < 1.29 is 4.79 Å². The minimum atomic E-state index is -0.700. The number of carbonyl (C=O) groups excluding carboxylic acids is 1. The van der Waals surface area contributed by atoms with Crippen LogP contribution in [0.3, 0.4) is 0 Å². The minimum absolute atomic E-state index is 0.00497. The first-order valence-electron chi connectivity index (χ1n) is 5.19. The van der Waals surface area contributed by atoms with Gasteiger partial charge in [0, 0.05) is 11.6 Å². The second-order valence-electron chi connectivity index (χ2n) is 3.40. The Hall–Kier alpha value is -2.32. The lowest BCUT2D eigenvalue weighted by atomic mass is 10.2. The molecule has 0 radical (unpaired) electrons. The molecule has 0 saturated carbocycles. The van der Waals surface area contributed by atoms with Gasteiger partial charge in [0.2, 0.25) is 0 Å². The number of benzene rings is 1. The van der Waals surface area contributed by atoms with Gasteiger partial charge in [-0.05, 0) is 11.6 Å². The molecule has 0 saturated heterocycles. The van der Waals surface area contributed by atoms with Crippen molar-refractivity contribution in [3.05, 3.63) is 46.4 Å². The fraction of sp³-hybridized carbons (Fsp3) is 0.100. The quantitative estimate of drug-likeness (QED) is 0.168. The van der Waals surface area contributed by atoms with Gasteiger partial charge in [-0.25, -0.2) is 5.84 Å². The Morgan fingerprint density at radius 3 is 2.63 bits per heavy atom. The molecule has 1 aromatic carbocycles. The zero-order valence-corrected chi connectivity index (χ0v) is 10.7. The Morgan fingerprint density at radius 1 is 1.37 bits per heavy atom. The molecule has 0 aromatic heterocycles. The number of hydrazine groups is 1. The first kappa shape index (κ1) is 14.7. The summed E-state index contributed by atoms with van der Waals surface area (Å²) in [5.74, 6) is 9.22. The second kappa shape index (κ2) is 7.19. The van der Waals surface area contributed by atoms with Crippen LogP contribution in [0.2, 0.25) is 5.02 Å². The fourth-order valence-corrected chi connectivity index (χ4v) is 1.45. The molecule has 0 fully saturated rings. The average Bonchev–Trinajstić information content (AvgIpc) is 2.43. The van der Waals surface area contributed by atoms with E-state index in [4.69, 9.17) is 29.0 Å². The van der Waals surface area contributed by atoms with Crippen molar-refractivity contribution in [1.82, 2.24) is 10.7 Å². The van der Waals surface area contributed by atoms with Crippen molar-refractivity contribution in [2.45, 2.75) is 6.54 Å². The van der Waals surface area contributed by atoms with E-state index in [0.29, 0.717) is 11.6 Å². The summed E-state index contributed by atoms with van der Waals surface area (Å²) in [5.41, 5.74) is 7.99. The highest BCUT2D eigenvalue weighted by molar-refractivity contribution is 6.31. The summed E-state index contributed by atoms with van der Waals surface area (Å²) >= 11 is 5.99. The molecule has 9 heteroatoms. The van der Waals surface area contributed by atoms with Crippen LogP contribution in [0.1, 0.15) is 5.56 Å². The summed E-state index contributed by atoms with van der Waals surface area (Å²) in [7, 11) is 0. The zero-order chi connectivity index (χ0) is 14.3. The highest BCUT2D eigenvalue weighted by Gasteiger charge is 2.11. The van der Waals surface area contributed by atoms with Gasteiger partial charge in [0.05, 0.1) is 0 Å². The van der Waals surface area contributed by atoms with Crippen LogP contribution >= 0.6 is 11.6 Å². The van der Waals surface area contributed by atoms with Gasteiger partial charge in [-0.2, -0.15) is 0 Å². The van der Waals surface area contributed by atoms with Gasteiger partial charge in [0.25, 0.3) is 5.91 Å². The van der Waals surface area contributed by atoms with Crippen molar-refractivity contribution in [2.24, 2.45) is 27.8 Å². The molecular formula is C10H14ClN7O. The van der Waals surface area contributed by atoms with Crippen LogP contribution in [-0.2, 0) is 11.3 Å². The molecular weight excluding hydrogens is 270 g/mol. The van der Waals surface area contributed by atoms with E-state index in [1.54, 1.807) is 12.1 Å². The van der Waals surface area contributed by atoms with Gasteiger partial charge in [-0.15, -0.1) is 5.11 Å². The third-order valence-electron chi connectivity index (χ3n) is 2.19. The third kappa shape index (κ3) is 4.12. The lowest BCUT2D eigenvalue weighted by Gasteiger charge is -2.09. The third-order valence-corrected chi connectivity index (χ3v) is 2.56. The number of amides is 1. The summed E-state index contributed by atoms with van der Waals surface area (Å²) in [5, 5.41) is 9.98. The Morgan fingerprint density at radius 2 is 2.05 bits per heavy atom. The van der Waals surface area contributed by atoms with E-state index in [1.807, 2.05) is 17.6 Å². The highest BCUT2D eigenvalue weighted by atomic mass is 35.5. The number of halogens is 1. The van der Waals surface area contributed by atoms with Gasteiger partial charge in [0.1, 0.15) is 5.70 Å². The first-order valence-corrected chi connectivity index (χ1v) is 5.56. The molecule has 0 unspecified atom stereocenters. The molecule has 1 amide bonds. The molecule has 8 nitrogen and oxygen atoms in total. The van der Waals surface area contributed by atoms with Crippen LogP contribution in [0.25, 0.3) is 0 Å². The van der Waals surface area contributed by atoms with Crippen LogP contribution in [0.15, 0.2) is 46.1 Å². The Balaban J connectivity index is 2.87. The summed E-state index contributed by atoms with van der Waals surface area (Å²) in [4.78, 5) is 11.3. The van der Waals surface area contributed by atoms with E-state index in [1.165, 1.54) is 0 Å². The van der Waals surface area contributed by atoms with Gasteiger partial charge in [-0.1, -0.05) is 35.0 Å². The molecule has 0 heterocycles. The molecule has 19 heavy (non-hydrogen) atoms. The van der Waals surface area contributed by atoms with Gasteiger partial charge in [0.15, 0.2) is 5.82 Å². The normalized spacial score (nSPS) is 12.1. The van der Waals surface area contributed by atoms with Crippen LogP contribution < -0.4 is 28.2 Å². The van der Waals surface area contributed by atoms with E-state index in [2.05, 4.69) is 15.7 Å². The maximum atomic E-state index is 11.3. The zero-order valence-electron chi connectivity index (χ0n) is 9.93. The highest BCUT2D eigenvalue weighted by Crippen LogP contribution is 2.15. The monoisotopic (exact) mass is 283 g/mol. The van der Waals surface area contributed by atoms with Crippen molar-refractivity contribution in [1.29, 1.82) is 0 Å². The Labute approximate surface area is 114 Å². The maximum Gasteiger partial charge on any atom is 0.284 e. The molecule has 0 spiro atoms. The Kier molecular flexibility index (Phi) is 5.58. The molecule has 102 valence electrons. The van der Waals surface area contributed by atoms with E-state index in [-0.39, 0.29) is 11.5 Å². The van der Waals surface area contributed by atoms with Crippen molar-refractivity contribution in [3.8, 4) is 0 Å². The standard InChI is InChI=1S/C10H14ClN7O/c11-7-4-2-1-3-6(7)5-15-9(17-18-14)8(12)10(19)16-13/h1-4,15H,5,12-13H2,(H2,14,17)(H,16,19)/b9-8+. The number of nitrogens with one attached hydrogen (secondary N) is 2. The number of nitrogens with zero attached hydrogens (tertiary/aromatic N) is 2. The Bertz CT molecular complexity index is 514. The first-order chi connectivity index (χ1) is 9.10. The molecule has 8 N–H and O–H groups in total. The van der Waals surface area contributed by atoms with Crippen molar-refractivity contribution in [3.63, 3.8) is 0 Å². The van der Waals surface area contributed by atoms with Crippen LogP contribution in [0, 0.1) is 0 Å². The van der Waals surface area contributed by atoms with Crippen LogP contribution in [0.5, 0.6) is 0 Å².